The van der Waals surface area contributed by atoms with Crippen LogP contribution in [0.25, 0.3) is 11.0 Å². The number of benzene rings is 2. The molecule has 0 spiro atoms. The van der Waals surface area contributed by atoms with Crippen molar-refractivity contribution in [3.63, 3.8) is 0 Å². The molecule has 1 N–H and O–H groups in total. The van der Waals surface area contributed by atoms with Crippen molar-refractivity contribution in [2.24, 2.45) is 5.10 Å². The fraction of sp³-hybridized carbons (Fsp3) is 0.238. The number of nitrogens with one attached hydrogen (secondary N) is 1. The summed E-state index contributed by atoms with van der Waals surface area (Å²) in [5, 5.41) is 4.84. The maximum Gasteiger partial charge on any atom is 0.307 e. The maximum atomic E-state index is 12.4. The lowest BCUT2D eigenvalue weighted by Crippen LogP contribution is -2.16. The van der Waals surface area contributed by atoms with Crippen molar-refractivity contribution < 1.29 is 18.7 Å². The van der Waals surface area contributed by atoms with Crippen LogP contribution in [0.1, 0.15) is 36.9 Å². The predicted octanol–water partition coefficient (Wildman–Crippen LogP) is 6.67. The molecule has 0 fully saturated rings. The Morgan fingerprint density at radius 1 is 1.17 bits per heavy atom. The van der Waals surface area contributed by atoms with E-state index in [1.165, 1.54) is 6.21 Å². The fourth-order valence-electron chi connectivity index (χ4n) is 2.68. The van der Waals surface area contributed by atoms with Crippen molar-refractivity contribution >= 4 is 70.9 Å². The summed E-state index contributed by atoms with van der Waals surface area (Å²) in [6.45, 7) is 6.29. The first-order chi connectivity index (χ1) is 14.3. The first-order valence-corrected chi connectivity index (χ1v) is 11.5. The first kappa shape index (κ1) is 22.8. The number of amides is 1. The second-order valence-corrected chi connectivity index (χ2v) is 9.17. The summed E-state index contributed by atoms with van der Waals surface area (Å²) in [7, 11) is 0. The van der Waals surface area contributed by atoms with E-state index in [1.54, 1.807) is 12.1 Å². The van der Waals surface area contributed by atoms with E-state index in [-0.39, 0.29) is 11.9 Å². The van der Waals surface area contributed by atoms with Gasteiger partial charge in [0.15, 0.2) is 17.3 Å². The molecule has 0 atom stereocenters. The lowest BCUT2D eigenvalue weighted by molar-refractivity contribution is 0.0929. The first-order valence-electron chi connectivity index (χ1n) is 9.13. The molecule has 1 heterocycles. The zero-order chi connectivity index (χ0) is 21.8. The minimum absolute atomic E-state index is 0.00350. The van der Waals surface area contributed by atoms with E-state index in [0.29, 0.717) is 23.7 Å². The van der Waals surface area contributed by atoms with Gasteiger partial charge in [0, 0.05) is 9.86 Å². The molecular weight excluding hydrogens is 584 g/mol. The molecule has 3 aromatic rings. The molecule has 0 unspecified atom stereocenters. The van der Waals surface area contributed by atoms with Crippen LogP contribution in [-0.2, 0) is 0 Å². The Kier molecular flexibility index (Phi) is 7.60. The second-order valence-electron chi connectivity index (χ2n) is 6.55. The molecule has 0 saturated heterocycles. The van der Waals surface area contributed by atoms with Crippen LogP contribution in [-0.4, -0.2) is 24.8 Å². The van der Waals surface area contributed by atoms with Crippen LogP contribution in [0, 0.1) is 0 Å². The minimum Gasteiger partial charge on any atom is -0.490 e. The second kappa shape index (κ2) is 9.98. The predicted molar refractivity (Wildman–Crippen MR) is 128 cm³/mol. The van der Waals surface area contributed by atoms with Crippen molar-refractivity contribution in [1.29, 1.82) is 0 Å². The number of halogens is 3. The maximum absolute atomic E-state index is 12.4. The number of hydrogen-bond acceptors (Lipinski definition) is 5. The van der Waals surface area contributed by atoms with Gasteiger partial charge in [-0.25, -0.2) is 5.43 Å². The number of carbonyl (C=O) groups is 1. The number of carbonyl (C=O) groups excluding carboxylic acids is 1. The minimum atomic E-state index is -0.450. The zero-order valence-electron chi connectivity index (χ0n) is 16.5. The third-order valence-corrected chi connectivity index (χ3v) is 5.46. The Morgan fingerprint density at radius 2 is 1.93 bits per heavy atom. The molecule has 158 valence electrons. The van der Waals surface area contributed by atoms with Crippen LogP contribution in [0.4, 0.5) is 0 Å². The number of fused-ring (bicyclic) bond motifs is 1. The highest BCUT2D eigenvalue weighted by molar-refractivity contribution is 9.11. The van der Waals surface area contributed by atoms with E-state index in [1.807, 2.05) is 39.0 Å². The summed E-state index contributed by atoms with van der Waals surface area (Å²) in [6, 6.07) is 9.03. The molecule has 0 saturated carbocycles. The highest BCUT2D eigenvalue weighted by Gasteiger charge is 2.15. The Morgan fingerprint density at radius 3 is 2.63 bits per heavy atom. The summed E-state index contributed by atoms with van der Waals surface area (Å²) >= 11 is 10.4. The van der Waals surface area contributed by atoms with Gasteiger partial charge >= 0.3 is 5.91 Å². The Balaban J connectivity index is 1.77. The number of nitrogens with zero attached hydrogens (tertiary/aromatic N) is 1. The Hall–Kier alpha value is -1.84. The van der Waals surface area contributed by atoms with Gasteiger partial charge in [0.1, 0.15) is 5.58 Å². The lowest BCUT2D eigenvalue weighted by Gasteiger charge is -2.16. The van der Waals surface area contributed by atoms with Gasteiger partial charge in [-0.2, -0.15) is 5.10 Å². The number of ether oxygens (including phenoxy) is 2. The van der Waals surface area contributed by atoms with Crippen LogP contribution >= 0.6 is 47.8 Å². The molecule has 9 heteroatoms. The molecule has 1 aromatic heterocycles. The van der Waals surface area contributed by atoms with Gasteiger partial charge in [-0.05, 0) is 88.5 Å². The smallest absolute Gasteiger partial charge is 0.307 e. The average molecular weight is 603 g/mol. The van der Waals surface area contributed by atoms with Gasteiger partial charge < -0.3 is 13.9 Å². The zero-order valence-corrected chi connectivity index (χ0v) is 21.2. The van der Waals surface area contributed by atoms with Gasteiger partial charge in [-0.15, -0.1) is 0 Å². The molecule has 6 nitrogen and oxygen atoms in total. The molecule has 0 aliphatic carbocycles. The van der Waals surface area contributed by atoms with Crippen molar-refractivity contribution in [2.75, 3.05) is 6.61 Å². The van der Waals surface area contributed by atoms with E-state index in [9.17, 15) is 4.79 Å². The summed E-state index contributed by atoms with van der Waals surface area (Å²) in [5.74, 6) is 0.945. The normalized spacial score (nSPS) is 11.4. The lowest BCUT2D eigenvalue weighted by atomic mass is 10.2. The molecule has 2 aromatic carbocycles. The molecular formula is C21H19Br3N2O4. The number of hydrogen-bond donors (Lipinski definition) is 1. The van der Waals surface area contributed by atoms with Crippen LogP contribution < -0.4 is 14.9 Å². The number of furan rings is 1. The van der Waals surface area contributed by atoms with E-state index in [0.717, 1.165) is 24.4 Å². The van der Waals surface area contributed by atoms with Gasteiger partial charge in [0.2, 0.25) is 0 Å². The van der Waals surface area contributed by atoms with Crippen LogP contribution in [0.5, 0.6) is 11.5 Å². The standard InChI is InChI=1S/C21H19Br3N2O4/c1-4-28-17-6-12(5-15(23)20(17)29-11(2)3)10-25-26-21(27)18-8-13-7-14(22)9-16(24)19(13)30-18/h5-11H,4H2,1-3H3,(H,26,27)/b25-10-. The van der Waals surface area contributed by atoms with Crippen LogP contribution in [0.2, 0.25) is 0 Å². The van der Waals surface area contributed by atoms with Crippen molar-refractivity contribution in [3.05, 3.63) is 55.1 Å². The van der Waals surface area contributed by atoms with E-state index >= 15 is 0 Å². The van der Waals surface area contributed by atoms with Crippen LogP contribution in [0.3, 0.4) is 0 Å². The fourth-order valence-corrected chi connectivity index (χ4v) is 4.58. The summed E-state index contributed by atoms with van der Waals surface area (Å²) in [6.07, 6.45) is 1.53. The van der Waals surface area contributed by atoms with Gasteiger partial charge in [-0.3, -0.25) is 4.79 Å². The number of hydrazone groups is 1. The largest absolute Gasteiger partial charge is 0.490 e. The van der Waals surface area contributed by atoms with E-state index in [2.05, 4.69) is 58.3 Å². The molecule has 0 aliphatic rings. The van der Waals surface area contributed by atoms with Crippen molar-refractivity contribution in [1.82, 2.24) is 5.43 Å². The number of rotatable bonds is 7. The van der Waals surface area contributed by atoms with Crippen molar-refractivity contribution in [2.45, 2.75) is 26.9 Å². The molecule has 30 heavy (non-hydrogen) atoms. The molecule has 0 radical (unpaired) electrons. The topological polar surface area (TPSA) is 73.1 Å². The van der Waals surface area contributed by atoms with E-state index < -0.39 is 5.91 Å². The van der Waals surface area contributed by atoms with Gasteiger partial charge in [0.05, 0.1) is 27.9 Å². The summed E-state index contributed by atoms with van der Waals surface area (Å²) in [5.41, 5.74) is 3.81. The van der Waals surface area contributed by atoms with Gasteiger partial charge in [-0.1, -0.05) is 15.9 Å². The van der Waals surface area contributed by atoms with E-state index in [4.69, 9.17) is 13.9 Å². The summed E-state index contributed by atoms with van der Waals surface area (Å²) < 4.78 is 19.5. The Bertz CT molecular complexity index is 1110. The summed E-state index contributed by atoms with van der Waals surface area (Å²) in [4.78, 5) is 12.4. The molecule has 1 amide bonds. The van der Waals surface area contributed by atoms with Crippen molar-refractivity contribution in [3.8, 4) is 11.5 Å². The molecule has 3 rings (SSSR count). The highest BCUT2D eigenvalue weighted by atomic mass is 79.9. The third-order valence-electron chi connectivity index (χ3n) is 3.82. The van der Waals surface area contributed by atoms with Crippen LogP contribution in [0.15, 0.2) is 53.3 Å². The van der Waals surface area contributed by atoms with Gasteiger partial charge in [0.25, 0.3) is 0 Å². The quantitative estimate of drug-likeness (QED) is 0.242. The Labute approximate surface area is 199 Å². The SMILES string of the molecule is CCOc1cc(/C=N\NC(=O)c2cc3cc(Br)cc(Br)c3o2)cc(Br)c1OC(C)C. The average Bonchev–Trinajstić information content (AvgIpc) is 3.09. The highest BCUT2D eigenvalue weighted by Crippen LogP contribution is 2.37. The monoisotopic (exact) mass is 600 g/mol. The third kappa shape index (κ3) is 5.44. The molecule has 0 aliphatic heterocycles. The molecule has 0 bridgehead atoms.